The average molecular weight is 373 g/mol. The van der Waals surface area contributed by atoms with Crippen LogP contribution >= 0.6 is 0 Å². The zero-order valence-corrected chi connectivity index (χ0v) is 15.7. The van der Waals surface area contributed by atoms with Crippen molar-refractivity contribution in [2.75, 3.05) is 6.54 Å². The van der Waals surface area contributed by atoms with Gasteiger partial charge in [0.15, 0.2) is 0 Å². The van der Waals surface area contributed by atoms with Crippen LogP contribution in [0.2, 0.25) is 0 Å². The lowest BCUT2D eigenvalue weighted by molar-refractivity contribution is -0.121. The molecule has 6 nitrogen and oxygen atoms in total. The van der Waals surface area contributed by atoms with Crippen LogP contribution in [0.25, 0.3) is 16.9 Å². The van der Waals surface area contributed by atoms with Crippen LogP contribution in [-0.4, -0.2) is 44.2 Å². The summed E-state index contributed by atoms with van der Waals surface area (Å²) in [7, 11) is 0. The number of para-hydroxylation sites is 1. The van der Waals surface area contributed by atoms with Gasteiger partial charge in [-0.25, -0.2) is 4.68 Å². The SMILES string of the molecule is O=C1C[C@@H]2CC[C@H](CN1)N2Cc1cn(-c2ccccc2)nc1-c1ccncc1. The van der Waals surface area contributed by atoms with Crippen molar-refractivity contribution in [3.8, 4) is 16.9 Å². The van der Waals surface area contributed by atoms with Crippen molar-refractivity contribution >= 4 is 5.91 Å². The van der Waals surface area contributed by atoms with Crippen molar-refractivity contribution in [2.45, 2.75) is 37.9 Å². The predicted molar refractivity (Wildman–Crippen MR) is 107 cm³/mol. The highest BCUT2D eigenvalue weighted by Gasteiger charge is 2.37. The third-order valence-corrected chi connectivity index (χ3v) is 5.84. The third-order valence-electron chi connectivity index (χ3n) is 5.84. The highest BCUT2D eigenvalue weighted by Crippen LogP contribution is 2.32. The molecule has 3 aromatic rings. The molecular formula is C22H23N5O. The van der Waals surface area contributed by atoms with Crippen LogP contribution in [0.15, 0.2) is 61.1 Å². The Morgan fingerprint density at radius 2 is 1.82 bits per heavy atom. The van der Waals surface area contributed by atoms with Crippen LogP contribution < -0.4 is 5.32 Å². The maximum atomic E-state index is 12.0. The highest BCUT2D eigenvalue weighted by molar-refractivity contribution is 5.77. The Morgan fingerprint density at radius 3 is 2.64 bits per heavy atom. The van der Waals surface area contributed by atoms with Crippen molar-refractivity contribution in [1.29, 1.82) is 0 Å². The molecule has 0 radical (unpaired) electrons. The highest BCUT2D eigenvalue weighted by atomic mass is 16.1. The quantitative estimate of drug-likeness (QED) is 0.764. The Kier molecular flexibility index (Phi) is 4.41. The van der Waals surface area contributed by atoms with Gasteiger partial charge in [0.2, 0.25) is 5.91 Å². The minimum absolute atomic E-state index is 0.173. The van der Waals surface area contributed by atoms with Gasteiger partial charge < -0.3 is 5.32 Å². The van der Waals surface area contributed by atoms with Crippen LogP contribution in [-0.2, 0) is 11.3 Å². The summed E-state index contributed by atoms with van der Waals surface area (Å²) in [6.07, 6.45) is 8.56. The molecule has 2 aromatic heterocycles. The fourth-order valence-electron chi connectivity index (χ4n) is 4.42. The third kappa shape index (κ3) is 3.20. The fraction of sp³-hybridized carbons (Fsp3) is 0.318. The molecule has 0 unspecified atom stereocenters. The van der Waals surface area contributed by atoms with E-state index >= 15 is 0 Å². The molecule has 142 valence electrons. The fourth-order valence-corrected chi connectivity index (χ4v) is 4.42. The van der Waals surface area contributed by atoms with Crippen LogP contribution in [0, 0.1) is 0 Å². The van der Waals surface area contributed by atoms with Crippen molar-refractivity contribution in [3.63, 3.8) is 0 Å². The molecule has 2 bridgehead atoms. The topological polar surface area (TPSA) is 63.1 Å². The molecule has 1 aromatic carbocycles. The first-order chi connectivity index (χ1) is 13.8. The standard InChI is InChI=1S/C22H23N5O/c28-21-12-19-6-7-20(13-24-21)26(19)14-17-15-27(18-4-2-1-3-5-18)25-22(17)16-8-10-23-11-9-16/h1-5,8-11,15,19-20H,6-7,12-14H2,(H,24,28)/t19-,20+/m0/s1. The second kappa shape index (κ2) is 7.20. The number of hydrogen-bond donors (Lipinski definition) is 1. The van der Waals surface area contributed by atoms with Crippen LogP contribution in [0.1, 0.15) is 24.8 Å². The van der Waals surface area contributed by atoms with Gasteiger partial charge in [0.25, 0.3) is 0 Å². The molecule has 2 aliphatic rings. The first-order valence-corrected chi connectivity index (χ1v) is 9.85. The van der Waals surface area contributed by atoms with E-state index in [0.29, 0.717) is 18.5 Å². The second-order valence-corrected chi connectivity index (χ2v) is 7.58. The van der Waals surface area contributed by atoms with Gasteiger partial charge in [-0.05, 0) is 37.1 Å². The number of benzene rings is 1. The maximum absolute atomic E-state index is 12.0. The van der Waals surface area contributed by atoms with Crippen LogP contribution in [0.4, 0.5) is 0 Å². The van der Waals surface area contributed by atoms with E-state index in [0.717, 1.165) is 42.9 Å². The number of pyridine rings is 1. The molecular weight excluding hydrogens is 350 g/mol. The average Bonchev–Trinajstić information content (AvgIpc) is 3.28. The van der Waals surface area contributed by atoms with E-state index in [1.165, 1.54) is 5.56 Å². The summed E-state index contributed by atoms with van der Waals surface area (Å²) in [5, 5.41) is 7.96. The summed E-state index contributed by atoms with van der Waals surface area (Å²) in [4.78, 5) is 18.6. The summed E-state index contributed by atoms with van der Waals surface area (Å²) in [6, 6.07) is 14.9. The molecule has 1 N–H and O–H groups in total. The van der Waals surface area contributed by atoms with Gasteiger partial charge >= 0.3 is 0 Å². The number of hydrogen-bond acceptors (Lipinski definition) is 4. The van der Waals surface area contributed by atoms with Crippen molar-refractivity contribution in [3.05, 3.63) is 66.6 Å². The number of nitrogens with zero attached hydrogens (tertiary/aromatic N) is 4. The zero-order valence-electron chi connectivity index (χ0n) is 15.7. The second-order valence-electron chi connectivity index (χ2n) is 7.58. The number of amides is 1. The van der Waals surface area contributed by atoms with Crippen molar-refractivity contribution in [2.24, 2.45) is 0 Å². The summed E-state index contributed by atoms with van der Waals surface area (Å²) in [5.41, 5.74) is 4.27. The zero-order chi connectivity index (χ0) is 18.9. The number of aromatic nitrogens is 3. The normalized spacial score (nSPS) is 22.1. The number of rotatable bonds is 4. The van der Waals surface area contributed by atoms with Crippen molar-refractivity contribution in [1.82, 2.24) is 25.0 Å². The van der Waals surface area contributed by atoms with Gasteiger partial charge in [-0.3, -0.25) is 14.7 Å². The van der Waals surface area contributed by atoms with E-state index in [4.69, 9.17) is 5.10 Å². The van der Waals surface area contributed by atoms with Crippen LogP contribution in [0.3, 0.4) is 0 Å². The molecule has 0 saturated carbocycles. The monoisotopic (exact) mass is 373 g/mol. The molecule has 0 spiro atoms. The van der Waals surface area contributed by atoms with Gasteiger partial charge in [0.05, 0.1) is 11.4 Å². The summed E-state index contributed by atoms with van der Waals surface area (Å²) >= 11 is 0. The van der Waals surface area contributed by atoms with Crippen molar-refractivity contribution < 1.29 is 4.79 Å². The molecule has 2 saturated heterocycles. The van der Waals surface area contributed by atoms with E-state index in [1.807, 2.05) is 35.0 Å². The number of fused-ring (bicyclic) bond motifs is 2. The first kappa shape index (κ1) is 17.1. The van der Waals surface area contributed by atoms with Crippen LogP contribution in [0.5, 0.6) is 0 Å². The molecule has 2 aliphatic heterocycles. The minimum atomic E-state index is 0.173. The largest absolute Gasteiger partial charge is 0.354 e. The smallest absolute Gasteiger partial charge is 0.221 e. The predicted octanol–water partition coefficient (Wildman–Crippen LogP) is 2.79. The Hall–Kier alpha value is -2.99. The molecule has 6 heteroatoms. The molecule has 4 heterocycles. The molecule has 28 heavy (non-hydrogen) atoms. The lowest BCUT2D eigenvalue weighted by Crippen LogP contribution is -2.37. The molecule has 1 amide bonds. The Labute approximate surface area is 164 Å². The Balaban J connectivity index is 1.53. The first-order valence-electron chi connectivity index (χ1n) is 9.85. The Morgan fingerprint density at radius 1 is 1.04 bits per heavy atom. The van der Waals surface area contributed by atoms with Gasteiger partial charge in [-0.2, -0.15) is 5.10 Å². The number of carbonyl (C=O) groups excluding carboxylic acids is 1. The lowest BCUT2D eigenvalue weighted by Gasteiger charge is -2.26. The summed E-state index contributed by atoms with van der Waals surface area (Å²) < 4.78 is 1.95. The number of nitrogens with one attached hydrogen (secondary N) is 1. The summed E-state index contributed by atoms with van der Waals surface area (Å²) in [5.74, 6) is 0.173. The maximum Gasteiger partial charge on any atom is 0.221 e. The van der Waals surface area contributed by atoms with E-state index < -0.39 is 0 Å². The molecule has 2 atom stereocenters. The van der Waals surface area contributed by atoms with E-state index in [1.54, 1.807) is 12.4 Å². The van der Waals surface area contributed by atoms with Gasteiger partial charge in [-0.1, -0.05) is 18.2 Å². The lowest BCUT2D eigenvalue weighted by atomic mass is 10.1. The Bertz CT molecular complexity index is 969. The van der Waals surface area contributed by atoms with E-state index in [-0.39, 0.29) is 5.91 Å². The van der Waals surface area contributed by atoms with Gasteiger partial charge in [-0.15, -0.1) is 0 Å². The van der Waals surface area contributed by atoms with E-state index in [9.17, 15) is 4.79 Å². The number of carbonyl (C=O) groups is 1. The van der Waals surface area contributed by atoms with Gasteiger partial charge in [0, 0.05) is 61.3 Å². The molecule has 5 rings (SSSR count). The molecule has 0 aliphatic carbocycles. The molecule has 2 fully saturated rings. The summed E-state index contributed by atoms with van der Waals surface area (Å²) in [6.45, 7) is 1.54. The minimum Gasteiger partial charge on any atom is -0.354 e. The van der Waals surface area contributed by atoms with Gasteiger partial charge in [0.1, 0.15) is 0 Å². The van der Waals surface area contributed by atoms with E-state index in [2.05, 4.69) is 33.5 Å².